The molecule has 0 amide bonds. The Hall–Kier alpha value is -7.58. The van der Waals surface area contributed by atoms with Crippen molar-refractivity contribution < 1.29 is 19.1 Å². The Labute approximate surface area is 360 Å². The number of carbonyl (C=O) groups is 2. The van der Waals surface area contributed by atoms with E-state index in [9.17, 15) is 9.59 Å². The molecule has 1 aliphatic heterocycles. The molecule has 0 saturated carbocycles. The number of rotatable bonds is 6. The molecular weight excluding hydrogens is 769 g/mol. The normalized spacial score (nSPS) is 12.5. The molecule has 4 aromatic heterocycles. The average molecular weight is 817 g/mol. The van der Waals surface area contributed by atoms with Gasteiger partial charge in [-0.05, 0) is 159 Å². The summed E-state index contributed by atoms with van der Waals surface area (Å²) in [5, 5.41) is 3.69. The molecule has 8 nitrogen and oxygen atoms in total. The smallest absolute Gasteiger partial charge is 0.337 e. The molecule has 4 aromatic carbocycles. The van der Waals surface area contributed by atoms with Gasteiger partial charge in [-0.1, -0.05) is 59.7 Å². The van der Waals surface area contributed by atoms with Crippen molar-refractivity contribution in [3.8, 4) is 0 Å². The zero-order valence-corrected chi connectivity index (χ0v) is 36.2. The quantitative estimate of drug-likeness (QED) is 0.129. The predicted octanol–water partition coefficient (Wildman–Crippen LogP) is 7.73. The number of benzene rings is 4. The van der Waals surface area contributed by atoms with Crippen molar-refractivity contribution in [2.24, 2.45) is 0 Å². The lowest BCUT2D eigenvalue weighted by Crippen LogP contribution is -2.20. The predicted molar refractivity (Wildman–Crippen MR) is 245 cm³/mol. The SMILES string of the molecule is COC(=O)c1ccc(C2=c3ccc([nH]3)=C(c3c(C)cc(C)cc3C)c3ccc([nH]3)C(c3ccc(C(=O)OC)cc3)=c3ccc([nH]3)=C(c3c(C)cc(C)cc3C)c3ccc2[nH]3)cc1. The fourth-order valence-electron chi connectivity index (χ4n) is 9.42. The largest absolute Gasteiger partial charge is 0.465 e. The van der Waals surface area contributed by atoms with E-state index in [2.05, 4.69) is 134 Å². The van der Waals surface area contributed by atoms with Crippen molar-refractivity contribution in [1.29, 1.82) is 0 Å². The first-order chi connectivity index (χ1) is 29.9. The standard InChI is InChI=1S/C54H48N4O4/c1-29-25-31(3)47(32(4)26-29)51-43-21-17-39(55-43)49(35-9-13-37(14-10-35)53(59)61-7)41-19-23-45(57-41)52(48-33(5)27-30(2)28-34(48)6)46-24-20-42(58-46)50(40-18-22-44(51)56-40)36-11-15-38(16-12-36)54(60)62-8/h9-28,55-58H,1-8H3. The molecule has 0 radical (unpaired) electrons. The fourth-order valence-corrected chi connectivity index (χ4v) is 9.42. The second kappa shape index (κ2) is 15.8. The van der Waals surface area contributed by atoms with Gasteiger partial charge in [0.25, 0.3) is 0 Å². The number of esters is 2. The van der Waals surface area contributed by atoms with Crippen molar-refractivity contribution in [1.82, 2.24) is 19.9 Å². The van der Waals surface area contributed by atoms with Gasteiger partial charge in [0.05, 0.1) is 25.3 Å². The van der Waals surface area contributed by atoms with E-state index >= 15 is 0 Å². The highest BCUT2D eigenvalue weighted by molar-refractivity contribution is 5.92. The second-order valence-electron chi connectivity index (χ2n) is 16.3. The van der Waals surface area contributed by atoms with Crippen LogP contribution in [0.3, 0.4) is 0 Å². The Bertz CT molecular complexity index is 3080. The third-order valence-corrected chi connectivity index (χ3v) is 11.9. The van der Waals surface area contributed by atoms with Crippen LogP contribution < -0.4 is 21.4 Å². The molecule has 4 N–H and O–H groups in total. The molecule has 8 heteroatoms. The molecule has 5 heterocycles. The zero-order chi connectivity index (χ0) is 43.4. The first-order valence-corrected chi connectivity index (χ1v) is 20.7. The van der Waals surface area contributed by atoms with Crippen LogP contribution in [0, 0.1) is 41.5 Å². The average Bonchev–Trinajstić information content (AvgIpc) is 4.10. The van der Waals surface area contributed by atoms with Crippen LogP contribution in [0.15, 0.2) is 121 Å². The number of aromatic nitrogens is 4. The number of aryl methyl sites for hydroxylation is 6. The van der Waals surface area contributed by atoms with Crippen LogP contribution >= 0.6 is 0 Å². The van der Waals surface area contributed by atoms with E-state index in [0.29, 0.717) is 11.1 Å². The number of hydrogen-bond donors (Lipinski definition) is 4. The number of carbonyl (C=O) groups excluding carboxylic acids is 2. The minimum absolute atomic E-state index is 0.385. The maximum atomic E-state index is 12.5. The van der Waals surface area contributed by atoms with Crippen molar-refractivity contribution in [2.75, 3.05) is 14.2 Å². The summed E-state index contributed by atoms with van der Waals surface area (Å²) < 4.78 is 10.1. The Morgan fingerprint density at radius 1 is 0.371 bits per heavy atom. The lowest BCUT2D eigenvalue weighted by molar-refractivity contribution is 0.0592. The molecule has 0 aliphatic carbocycles. The number of H-pyrrole nitrogens is 4. The zero-order valence-electron chi connectivity index (χ0n) is 36.2. The highest BCUT2D eigenvalue weighted by Crippen LogP contribution is 2.32. The van der Waals surface area contributed by atoms with Gasteiger partial charge in [0.1, 0.15) is 0 Å². The molecule has 8 aromatic rings. The van der Waals surface area contributed by atoms with E-state index in [-0.39, 0.29) is 11.9 Å². The van der Waals surface area contributed by atoms with Gasteiger partial charge < -0.3 is 29.4 Å². The highest BCUT2D eigenvalue weighted by Gasteiger charge is 2.22. The summed E-state index contributed by atoms with van der Waals surface area (Å²) in [5.41, 5.74) is 19.8. The van der Waals surface area contributed by atoms with Crippen molar-refractivity contribution in [2.45, 2.75) is 41.5 Å². The Morgan fingerprint density at radius 2 is 0.661 bits per heavy atom. The fraction of sp³-hybridized carbons (Fsp3) is 0.148. The van der Waals surface area contributed by atoms with Gasteiger partial charge in [0.2, 0.25) is 0 Å². The Kier molecular flexibility index (Phi) is 10.2. The van der Waals surface area contributed by atoms with Gasteiger partial charge in [-0.2, -0.15) is 0 Å². The van der Waals surface area contributed by atoms with Crippen LogP contribution in [0.1, 0.15) is 99.1 Å². The third-order valence-electron chi connectivity index (χ3n) is 11.9. The van der Waals surface area contributed by atoms with Crippen molar-refractivity contribution in [3.05, 3.63) is 232 Å². The summed E-state index contributed by atoms with van der Waals surface area (Å²) in [6.07, 6.45) is 0. The summed E-state index contributed by atoms with van der Waals surface area (Å²) in [5.74, 6) is -0.770. The van der Waals surface area contributed by atoms with Crippen LogP contribution in [-0.4, -0.2) is 46.1 Å². The van der Waals surface area contributed by atoms with E-state index in [0.717, 1.165) is 111 Å². The van der Waals surface area contributed by atoms with E-state index in [1.54, 1.807) is 0 Å². The van der Waals surface area contributed by atoms with Crippen molar-refractivity contribution >= 4 is 34.2 Å². The maximum absolute atomic E-state index is 12.5. The molecule has 9 rings (SSSR count). The summed E-state index contributed by atoms with van der Waals surface area (Å²) in [6, 6.07) is 41.2. The summed E-state index contributed by atoms with van der Waals surface area (Å²) in [4.78, 5) is 40.6. The molecule has 0 unspecified atom stereocenters. The minimum atomic E-state index is -0.385. The number of aromatic amines is 4. The number of nitrogens with one attached hydrogen (secondary N) is 4. The topological polar surface area (TPSA) is 116 Å². The van der Waals surface area contributed by atoms with E-state index in [4.69, 9.17) is 9.47 Å². The lowest BCUT2D eigenvalue weighted by Gasteiger charge is -2.15. The van der Waals surface area contributed by atoms with E-state index < -0.39 is 0 Å². The van der Waals surface area contributed by atoms with Crippen molar-refractivity contribution in [3.63, 3.8) is 0 Å². The molecule has 0 fully saturated rings. The first-order valence-electron chi connectivity index (χ1n) is 20.7. The summed E-state index contributed by atoms with van der Waals surface area (Å²) in [7, 11) is 2.79. The monoisotopic (exact) mass is 816 g/mol. The number of ether oxygens (including phenoxy) is 2. The summed E-state index contributed by atoms with van der Waals surface area (Å²) >= 11 is 0. The molecule has 1 aliphatic rings. The van der Waals surface area contributed by atoms with Crippen LogP contribution in [0.25, 0.3) is 22.3 Å². The number of methoxy groups -OCH3 is 2. The van der Waals surface area contributed by atoms with Gasteiger partial charge in [0.15, 0.2) is 0 Å². The Morgan fingerprint density at radius 3 is 0.968 bits per heavy atom. The van der Waals surface area contributed by atoms with Gasteiger partial charge in [0, 0.05) is 66.5 Å². The molecule has 0 atom stereocenters. The minimum Gasteiger partial charge on any atom is -0.465 e. The third kappa shape index (κ3) is 7.03. The van der Waals surface area contributed by atoms with Crippen LogP contribution in [0.4, 0.5) is 0 Å². The molecule has 308 valence electrons. The Balaban J connectivity index is 1.43. The van der Waals surface area contributed by atoms with Crippen LogP contribution in [-0.2, 0) is 9.47 Å². The molecule has 0 spiro atoms. The van der Waals surface area contributed by atoms with Gasteiger partial charge >= 0.3 is 11.9 Å². The van der Waals surface area contributed by atoms with Gasteiger partial charge in [-0.25, -0.2) is 9.59 Å². The number of hydrogen-bond acceptors (Lipinski definition) is 4. The lowest BCUT2D eigenvalue weighted by atomic mass is 9.92. The molecular formula is C54H48N4O4. The maximum Gasteiger partial charge on any atom is 0.337 e. The molecule has 8 bridgehead atoms. The number of fused-ring (bicyclic) bond motifs is 8. The second-order valence-corrected chi connectivity index (χ2v) is 16.3. The molecule has 62 heavy (non-hydrogen) atoms. The van der Waals surface area contributed by atoms with Crippen LogP contribution in [0.5, 0.6) is 0 Å². The first kappa shape index (κ1) is 39.9. The van der Waals surface area contributed by atoms with E-state index in [1.807, 2.05) is 48.5 Å². The summed E-state index contributed by atoms with van der Waals surface area (Å²) in [6.45, 7) is 12.9. The highest BCUT2D eigenvalue weighted by atomic mass is 16.5. The van der Waals surface area contributed by atoms with Gasteiger partial charge in [-0.15, -0.1) is 0 Å². The molecule has 0 saturated heterocycles. The van der Waals surface area contributed by atoms with Crippen LogP contribution in [0.2, 0.25) is 0 Å². The van der Waals surface area contributed by atoms with Gasteiger partial charge in [-0.3, -0.25) is 0 Å². The van der Waals surface area contributed by atoms with E-state index in [1.165, 1.54) is 25.3 Å².